The number of benzene rings is 1. The Morgan fingerprint density at radius 1 is 1.13 bits per heavy atom. The van der Waals surface area contributed by atoms with Crippen molar-refractivity contribution in [3.8, 4) is 5.75 Å². The first-order valence-electron chi connectivity index (χ1n) is 11.2. The summed E-state index contributed by atoms with van der Waals surface area (Å²) in [6.07, 6.45) is 3.92. The molecule has 2 aliphatic rings. The van der Waals surface area contributed by atoms with Crippen molar-refractivity contribution in [1.29, 1.82) is 0 Å². The lowest BCUT2D eigenvalue weighted by molar-refractivity contribution is -0.385. The van der Waals surface area contributed by atoms with Crippen molar-refractivity contribution in [2.75, 3.05) is 44.7 Å². The fourth-order valence-electron chi connectivity index (χ4n) is 4.49. The van der Waals surface area contributed by atoms with Gasteiger partial charge in [-0.1, -0.05) is 0 Å². The minimum absolute atomic E-state index is 0.00378. The standard InChI is InChI=1S/C23H35N3O5/c1-23(2,3)31-22(27)18-9-11-24(12-10-18)16-17-7-13-25(14-8-17)19-5-6-20(26(28)29)21(15-19)30-4/h5-6,15,17-18H,7-14,16H2,1-4H3. The van der Waals surface area contributed by atoms with E-state index in [9.17, 15) is 14.9 Å². The van der Waals surface area contributed by atoms with Crippen LogP contribution in [0.25, 0.3) is 0 Å². The van der Waals surface area contributed by atoms with Crippen molar-refractivity contribution in [2.24, 2.45) is 11.8 Å². The van der Waals surface area contributed by atoms with E-state index in [-0.39, 0.29) is 17.6 Å². The number of nitrogens with zero attached hydrogens (tertiary/aromatic N) is 3. The molecule has 0 atom stereocenters. The number of esters is 1. The van der Waals surface area contributed by atoms with Crippen molar-refractivity contribution in [1.82, 2.24) is 4.90 Å². The third kappa shape index (κ3) is 6.32. The molecule has 0 amide bonds. The quantitative estimate of drug-likeness (QED) is 0.382. The van der Waals surface area contributed by atoms with Crippen molar-refractivity contribution >= 4 is 17.3 Å². The lowest BCUT2D eigenvalue weighted by Gasteiger charge is -2.38. The van der Waals surface area contributed by atoms with Gasteiger partial charge in [-0.3, -0.25) is 14.9 Å². The number of likely N-dealkylation sites (tertiary alicyclic amines) is 1. The fraction of sp³-hybridized carbons (Fsp3) is 0.696. The molecule has 8 nitrogen and oxygen atoms in total. The zero-order valence-corrected chi connectivity index (χ0v) is 19.1. The van der Waals surface area contributed by atoms with Crippen LogP contribution in [-0.4, -0.2) is 61.2 Å². The summed E-state index contributed by atoms with van der Waals surface area (Å²) in [5.74, 6) is 0.903. The Morgan fingerprint density at radius 2 is 1.77 bits per heavy atom. The monoisotopic (exact) mass is 433 g/mol. The summed E-state index contributed by atoms with van der Waals surface area (Å²) in [5.41, 5.74) is 0.547. The highest BCUT2D eigenvalue weighted by atomic mass is 16.6. The van der Waals surface area contributed by atoms with Gasteiger partial charge in [0.05, 0.1) is 18.0 Å². The molecule has 0 unspecified atom stereocenters. The molecule has 0 N–H and O–H groups in total. The Balaban J connectivity index is 1.45. The summed E-state index contributed by atoms with van der Waals surface area (Å²) in [4.78, 5) is 27.7. The summed E-state index contributed by atoms with van der Waals surface area (Å²) in [6.45, 7) is 10.6. The number of methoxy groups -OCH3 is 1. The van der Waals surface area contributed by atoms with E-state index in [1.54, 1.807) is 6.07 Å². The van der Waals surface area contributed by atoms with Crippen LogP contribution in [0.2, 0.25) is 0 Å². The van der Waals surface area contributed by atoms with Gasteiger partial charge in [-0.05, 0) is 71.5 Å². The molecule has 0 bridgehead atoms. The lowest BCUT2D eigenvalue weighted by atomic mass is 9.92. The molecule has 0 radical (unpaired) electrons. The number of rotatable bonds is 6. The molecule has 0 saturated carbocycles. The molecule has 2 aliphatic heterocycles. The molecule has 8 heteroatoms. The van der Waals surface area contributed by atoms with Gasteiger partial charge in [-0.2, -0.15) is 0 Å². The third-order valence-electron chi connectivity index (χ3n) is 6.18. The normalized spacial score (nSPS) is 19.3. The zero-order valence-electron chi connectivity index (χ0n) is 19.1. The predicted molar refractivity (Wildman–Crippen MR) is 120 cm³/mol. The molecular formula is C23H35N3O5. The smallest absolute Gasteiger partial charge is 0.311 e. The van der Waals surface area contributed by atoms with Crippen LogP contribution in [-0.2, 0) is 9.53 Å². The molecule has 1 aromatic carbocycles. The van der Waals surface area contributed by atoms with Gasteiger partial charge < -0.3 is 19.3 Å². The largest absolute Gasteiger partial charge is 0.490 e. The Hall–Kier alpha value is -2.35. The SMILES string of the molecule is COc1cc(N2CCC(CN3CCC(C(=O)OC(C)(C)C)CC3)CC2)ccc1[N+](=O)[O-]. The molecule has 31 heavy (non-hydrogen) atoms. The van der Waals surface area contributed by atoms with Gasteiger partial charge in [0.1, 0.15) is 5.60 Å². The second kappa shape index (κ2) is 9.85. The Bertz CT molecular complexity index is 776. The van der Waals surface area contributed by atoms with Gasteiger partial charge in [0.25, 0.3) is 0 Å². The minimum atomic E-state index is -0.421. The van der Waals surface area contributed by atoms with Crippen LogP contribution in [0.3, 0.4) is 0 Å². The third-order valence-corrected chi connectivity index (χ3v) is 6.18. The molecule has 2 saturated heterocycles. The van der Waals surface area contributed by atoms with Crippen molar-refractivity contribution in [2.45, 2.75) is 52.1 Å². The number of ether oxygens (including phenoxy) is 2. The number of hydrogen-bond donors (Lipinski definition) is 0. The average Bonchev–Trinajstić information content (AvgIpc) is 2.73. The first-order chi connectivity index (χ1) is 14.7. The highest BCUT2D eigenvalue weighted by molar-refractivity contribution is 5.73. The number of anilines is 1. The summed E-state index contributed by atoms with van der Waals surface area (Å²) in [7, 11) is 1.46. The number of carbonyl (C=O) groups is 1. The van der Waals surface area contributed by atoms with Gasteiger partial charge in [0.2, 0.25) is 0 Å². The van der Waals surface area contributed by atoms with Gasteiger partial charge in [0.15, 0.2) is 5.75 Å². The maximum Gasteiger partial charge on any atom is 0.311 e. The van der Waals surface area contributed by atoms with Crippen LogP contribution in [0.1, 0.15) is 46.5 Å². The molecular weight excluding hydrogens is 398 g/mol. The summed E-state index contributed by atoms with van der Waals surface area (Å²) >= 11 is 0. The molecule has 3 rings (SSSR count). The Kier molecular flexibility index (Phi) is 7.41. The first-order valence-corrected chi connectivity index (χ1v) is 11.2. The minimum Gasteiger partial charge on any atom is -0.490 e. The van der Waals surface area contributed by atoms with Gasteiger partial charge in [-0.25, -0.2) is 0 Å². The van der Waals surface area contributed by atoms with E-state index in [0.29, 0.717) is 11.7 Å². The van der Waals surface area contributed by atoms with Gasteiger partial charge in [-0.15, -0.1) is 0 Å². The van der Waals surface area contributed by atoms with Crippen LogP contribution in [0, 0.1) is 22.0 Å². The highest BCUT2D eigenvalue weighted by Crippen LogP contribution is 2.33. The topological polar surface area (TPSA) is 85.2 Å². The molecule has 172 valence electrons. The van der Waals surface area contributed by atoms with Crippen molar-refractivity contribution < 1.29 is 19.2 Å². The van der Waals surface area contributed by atoms with Gasteiger partial charge in [0, 0.05) is 37.5 Å². The van der Waals surface area contributed by atoms with Crippen LogP contribution in [0.4, 0.5) is 11.4 Å². The first kappa shape index (κ1) is 23.3. The summed E-state index contributed by atoms with van der Waals surface area (Å²) in [6, 6.07) is 5.09. The molecule has 1 aromatic rings. The van der Waals surface area contributed by atoms with Gasteiger partial charge >= 0.3 is 11.7 Å². The van der Waals surface area contributed by atoms with Crippen LogP contribution >= 0.6 is 0 Å². The number of piperidine rings is 2. The maximum absolute atomic E-state index is 12.3. The van der Waals surface area contributed by atoms with E-state index in [1.807, 2.05) is 26.8 Å². The van der Waals surface area contributed by atoms with E-state index in [0.717, 1.165) is 64.1 Å². The van der Waals surface area contributed by atoms with Crippen LogP contribution < -0.4 is 9.64 Å². The highest BCUT2D eigenvalue weighted by Gasteiger charge is 2.30. The van der Waals surface area contributed by atoms with Crippen molar-refractivity contribution in [3.63, 3.8) is 0 Å². The molecule has 0 aliphatic carbocycles. The van der Waals surface area contributed by atoms with E-state index < -0.39 is 10.5 Å². The summed E-state index contributed by atoms with van der Waals surface area (Å²) < 4.78 is 10.7. The van der Waals surface area contributed by atoms with Crippen LogP contribution in [0.5, 0.6) is 5.75 Å². The zero-order chi connectivity index (χ0) is 22.6. The van der Waals surface area contributed by atoms with E-state index in [1.165, 1.54) is 13.2 Å². The Labute approximate surface area is 184 Å². The maximum atomic E-state index is 12.3. The number of nitro groups is 1. The predicted octanol–water partition coefficient (Wildman–Crippen LogP) is 3.87. The molecule has 0 spiro atoms. The van der Waals surface area contributed by atoms with E-state index in [4.69, 9.17) is 9.47 Å². The average molecular weight is 434 g/mol. The second-order valence-electron chi connectivity index (χ2n) is 9.65. The summed E-state index contributed by atoms with van der Waals surface area (Å²) in [5, 5.41) is 11.1. The molecule has 0 aromatic heterocycles. The Morgan fingerprint density at radius 3 is 2.32 bits per heavy atom. The van der Waals surface area contributed by atoms with Crippen LogP contribution in [0.15, 0.2) is 18.2 Å². The van der Waals surface area contributed by atoms with E-state index in [2.05, 4.69) is 9.80 Å². The lowest BCUT2D eigenvalue weighted by Crippen LogP contribution is -2.43. The number of nitro benzene ring substituents is 1. The molecule has 2 fully saturated rings. The van der Waals surface area contributed by atoms with Crippen molar-refractivity contribution in [3.05, 3.63) is 28.3 Å². The number of carbonyl (C=O) groups excluding carboxylic acids is 1. The van der Waals surface area contributed by atoms with E-state index >= 15 is 0 Å². The second-order valence-corrected chi connectivity index (χ2v) is 9.65. The fourth-order valence-corrected chi connectivity index (χ4v) is 4.49. The number of hydrogen-bond acceptors (Lipinski definition) is 7. The molecule has 2 heterocycles.